The van der Waals surface area contributed by atoms with Crippen LogP contribution in [0.25, 0.3) is 17.2 Å². The van der Waals surface area contributed by atoms with Crippen LogP contribution in [-0.4, -0.2) is 17.0 Å². The lowest BCUT2D eigenvalue weighted by Gasteiger charge is -2.05. The van der Waals surface area contributed by atoms with Crippen LogP contribution in [0.1, 0.15) is 21.5 Å². The van der Waals surface area contributed by atoms with E-state index in [0.29, 0.717) is 23.0 Å². The highest BCUT2D eigenvalue weighted by Gasteiger charge is 2.21. The summed E-state index contributed by atoms with van der Waals surface area (Å²) in [6.45, 7) is 0.313. The number of fused-ring (bicyclic) bond motifs is 1. The third-order valence-electron chi connectivity index (χ3n) is 3.93. The predicted octanol–water partition coefficient (Wildman–Crippen LogP) is 2.37. The maximum Gasteiger partial charge on any atom is 0.338 e. The lowest BCUT2D eigenvalue weighted by molar-refractivity contribution is -0.115. The number of benzene rings is 2. The summed E-state index contributed by atoms with van der Waals surface area (Å²) in [6.07, 6.45) is 1.75. The summed E-state index contributed by atoms with van der Waals surface area (Å²) >= 11 is 4.92. The van der Waals surface area contributed by atoms with Crippen molar-refractivity contribution in [3.05, 3.63) is 64.9 Å². The minimum atomic E-state index is -0.274. The van der Waals surface area contributed by atoms with E-state index in [1.54, 1.807) is 12.1 Å². The molecule has 2 N–H and O–H groups in total. The van der Waals surface area contributed by atoms with Crippen molar-refractivity contribution in [2.24, 2.45) is 0 Å². The number of hydrogen-bond acceptors (Lipinski definition) is 4. The van der Waals surface area contributed by atoms with E-state index in [1.165, 1.54) is 0 Å². The minimum absolute atomic E-state index is 0.237. The highest BCUT2D eigenvalue weighted by atomic mass is 32.1. The Morgan fingerprint density at radius 3 is 2.67 bits per heavy atom. The van der Waals surface area contributed by atoms with Crippen molar-refractivity contribution in [2.45, 2.75) is 6.61 Å². The van der Waals surface area contributed by atoms with E-state index in [4.69, 9.17) is 17.0 Å². The van der Waals surface area contributed by atoms with E-state index in [-0.39, 0.29) is 11.9 Å². The number of carbonyl (C=O) groups excluding carboxylic acids is 2. The first-order chi connectivity index (χ1) is 11.6. The van der Waals surface area contributed by atoms with Gasteiger partial charge in [0.2, 0.25) is 0 Å². The van der Waals surface area contributed by atoms with Gasteiger partial charge in [0.25, 0.3) is 5.91 Å². The van der Waals surface area contributed by atoms with Gasteiger partial charge in [-0.15, -0.1) is 0 Å². The third kappa shape index (κ3) is 2.57. The molecule has 0 spiro atoms. The Morgan fingerprint density at radius 2 is 1.88 bits per heavy atom. The van der Waals surface area contributed by atoms with Crippen molar-refractivity contribution >= 4 is 35.3 Å². The molecule has 0 radical (unpaired) electrons. The molecule has 0 saturated carbocycles. The molecular weight excluding hydrogens is 324 g/mol. The number of rotatable bonds is 2. The van der Waals surface area contributed by atoms with E-state index in [2.05, 4.69) is 10.6 Å². The second-order valence-electron chi connectivity index (χ2n) is 5.54. The number of nitrogens with one attached hydrogen (secondary N) is 2. The zero-order valence-corrected chi connectivity index (χ0v) is 13.3. The first-order valence-corrected chi connectivity index (χ1v) is 7.75. The summed E-state index contributed by atoms with van der Waals surface area (Å²) in [5, 5.41) is 5.67. The predicted molar refractivity (Wildman–Crippen MR) is 92.9 cm³/mol. The fourth-order valence-corrected chi connectivity index (χ4v) is 2.97. The van der Waals surface area contributed by atoms with Gasteiger partial charge in [-0.05, 0) is 53.2 Å². The van der Waals surface area contributed by atoms with Crippen LogP contribution in [0.15, 0.2) is 48.2 Å². The topological polar surface area (TPSA) is 67.4 Å². The van der Waals surface area contributed by atoms with Crippen LogP contribution in [0.4, 0.5) is 0 Å². The van der Waals surface area contributed by atoms with Crippen LogP contribution in [-0.2, 0) is 16.1 Å². The molecule has 2 aromatic rings. The molecule has 2 aliphatic rings. The Kier molecular flexibility index (Phi) is 3.39. The summed E-state index contributed by atoms with van der Waals surface area (Å²) in [7, 11) is 0. The highest BCUT2D eigenvalue weighted by molar-refractivity contribution is 7.80. The molecule has 1 saturated heterocycles. The number of hydrogen-bond donors (Lipinski definition) is 2. The fourth-order valence-electron chi connectivity index (χ4n) is 2.77. The molecule has 0 bridgehead atoms. The van der Waals surface area contributed by atoms with Gasteiger partial charge in [-0.2, -0.15) is 0 Å². The molecule has 24 heavy (non-hydrogen) atoms. The number of ether oxygens (including phenoxy) is 1. The first kappa shape index (κ1) is 14.6. The molecule has 0 atom stereocenters. The molecule has 1 fully saturated rings. The Hall–Kier alpha value is -2.99. The fraction of sp³-hybridized carbons (Fsp3) is 0.0556. The van der Waals surface area contributed by atoms with Crippen molar-refractivity contribution < 1.29 is 14.3 Å². The summed E-state index contributed by atoms with van der Waals surface area (Å²) in [4.78, 5) is 23.3. The number of esters is 1. The van der Waals surface area contributed by atoms with Gasteiger partial charge in [-0.25, -0.2) is 4.79 Å². The zero-order chi connectivity index (χ0) is 16.7. The standard InChI is InChI=1S/C18H12N2O3S/c21-16-15(19-18(24)20-16)7-10-2-1-3-11(6-10)12-4-5-14-13(8-12)9-23-17(14)22/h1-8H,9H2,(H2,19,20,21,24)/b15-7+. The van der Waals surface area contributed by atoms with Crippen LogP contribution in [0.5, 0.6) is 0 Å². The maximum absolute atomic E-state index is 11.7. The number of carbonyl (C=O) groups is 2. The van der Waals surface area contributed by atoms with E-state index < -0.39 is 0 Å². The monoisotopic (exact) mass is 336 g/mol. The molecule has 0 aromatic heterocycles. The first-order valence-electron chi connectivity index (χ1n) is 7.35. The van der Waals surface area contributed by atoms with E-state index in [9.17, 15) is 9.59 Å². The van der Waals surface area contributed by atoms with Gasteiger partial charge in [-0.3, -0.25) is 10.1 Å². The molecular formula is C18H12N2O3S. The molecule has 5 nitrogen and oxygen atoms in total. The largest absolute Gasteiger partial charge is 0.457 e. The van der Waals surface area contributed by atoms with E-state index >= 15 is 0 Å². The molecule has 118 valence electrons. The van der Waals surface area contributed by atoms with Crippen LogP contribution in [0.3, 0.4) is 0 Å². The average molecular weight is 336 g/mol. The third-order valence-corrected chi connectivity index (χ3v) is 4.14. The lowest BCUT2D eigenvalue weighted by atomic mass is 9.99. The van der Waals surface area contributed by atoms with Crippen molar-refractivity contribution in [1.82, 2.24) is 10.6 Å². The molecule has 1 amide bonds. The molecule has 0 unspecified atom stereocenters. The van der Waals surface area contributed by atoms with Crippen molar-refractivity contribution in [1.29, 1.82) is 0 Å². The van der Waals surface area contributed by atoms with E-state index in [0.717, 1.165) is 22.3 Å². The van der Waals surface area contributed by atoms with Crippen LogP contribution in [0.2, 0.25) is 0 Å². The number of cyclic esters (lactones) is 1. The second kappa shape index (κ2) is 5.58. The summed E-state index contributed by atoms with van der Waals surface area (Å²) < 4.78 is 5.04. The van der Waals surface area contributed by atoms with E-state index in [1.807, 2.05) is 36.4 Å². The molecule has 2 heterocycles. The smallest absolute Gasteiger partial charge is 0.338 e. The normalized spacial score (nSPS) is 17.5. The van der Waals surface area contributed by atoms with Crippen molar-refractivity contribution in [3.63, 3.8) is 0 Å². The Morgan fingerprint density at radius 1 is 1.04 bits per heavy atom. The molecule has 4 rings (SSSR count). The molecule has 2 aliphatic heterocycles. The average Bonchev–Trinajstić information content (AvgIpc) is 3.10. The van der Waals surface area contributed by atoms with Crippen LogP contribution < -0.4 is 10.6 Å². The van der Waals surface area contributed by atoms with Gasteiger partial charge in [0.1, 0.15) is 12.3 Å². The van der Waals surface area contributed by atoms with Crippen molar-refractivity contribution in [2.75, 3.05) is 0 Å². The maximum atomic E-state index is 11.7. The van der Waals surface area contributed by atoms with Crippen LogP contribution >= 0.6 is 12.2 Å². The number of thiocarbonyl (C=S) groups is 1. The Balaban J connectivity index is 1.69. The summed E-state index contributed by atoms with van der Waals surface area (Å²) in [5.41, 5.74) is 4.80. The Bertz CT molecular complexity index is 934. The highest BCUT2D eigenvalue weighted by Crippen LogP contribution is 2.28. The van der Waals surface area contributed by atoms with Gasteiger partial charge in [0.05, 0.1) is 5.56 Å². The lowest BCUT2D eigenvalue weighted by Crippen LogP contribution is -2.21. The summed E-state index contributed by atoms with van der Waals surface area (Å²) in [5.74, 6) is -0.511. The summed E-state index contributed by atoms with van der Waals surface area (Å²) in [6, 6.07) is 13.4. The van der Waals surface area contributed by atoms with Gasteiger partial charge in [0.15, 0.2) is 5.11 Å². The van der Waals surface area contributed by atoms with Crippen LogP contribution in [0, 0.1) is 0 Å². The number of amides is 1. The van der Waals surface area contributed by atoms with Gasteiger partial charge in [-0.1, -0.05) is 24.3 Å². The second-order valence-corrected chi connectivity index (χ2v) is 5.95. The minimum Gasteiger partial charge on any atom is -0.457 e. The Labute approximate surface area is 143 Å². The SMILES string of the molecule is O=C1NC(=S)N/C1=C/c1cccc(-c2ccc3c(c2)COC3=O)c1. The van der Waals surface area contributed by atoms with Gasteiger partial charge >= 0.3 is 5.97 Å². The van der Waals surface area contributed by atoms with Crippen molar-refractivity contribution in [3.8, 4) is 11.1 Å². The molecule has 0 aliphatic carbocycles. The molecule has 2 aromatic carbocycles. The van der Waals surface area contributed by atoms with Gasteiger partial charge in [0, 0.05) is 5.56 Å². The zero-order valence-electron chi connectivity index (χ0n) is 12.5. The quantitative estimate of drug-likeness (QED) is 0.501. The van der Waals surface area contributed by atoms with Gasteiger partial charge < -0.3 is 10.1 Å². The molecule has 6 heteroatoms.